The van der Waals surface area contributed by atoms with Crippen LogP contribution in [0.25, 0.3) is 34.4 Å². The number of carboxylic acid groups (broad SMARTS) is 2. The number of carboxylic acids is 2. The van der Waals surface area contributed by atoms with E-state index in [-0.39, 0.29) is 50.6 Å². The van der Waals surface area contributed by atoms with E-state index in [4.69, 9.17) is 10.5 Å². The van der Waals surface area contributed by atoms with E-state index in [2.05, 4.69) is 12.1 Å². The zero-order valence-corrected chi connectivity index (χ0v) is 33.4. The maximum Gasteiger partial charge on any atom is 2.00 e. The first-order valence-corrected chi connectivity index (χ1v) is 19.1. The van der Waals surface area contributed by atoms with Crippen LogP contribution < -0.4 is 10.2 Å². The van der Waals surface area contributed by atoms with Crippen LogP contribution in [0.1, 0.15) is 71.2 Å². The summed E-state index contributed by atoms with van der Waals surface area (Å²) in [5.41, 5.74) is 11.1. The average Bonchev–Trinajstić information content (AvgIpc) is 3.52. The molecule has 0 radical (unpaired) electrons. The van der Waals surface area contributed by atoms with Crippen LogP contribution in [0.2, 0.25) is 0 Å². The first-order valence-electron chi connectivity index (χ1n) is 16.0. The number of rotatable bonds is 8. The number of nitrogens with zero attached hydrogens (tertiary/aromatic N) is 2. The Kier molecular flexibility index (Phi) is 13.9. The van der Waals surface area contributed by atoms with E-state index in [1.54, 1.807) is 36.8 Å². The van der Waals surface area contributed by atoms with Crippen molar-refractivity contribution in [2.45, 2.75) is 36.5 Å². The molecule has 53 heavy (non-hydrogen) atoms. The maximum atomic E-state index is 11.5. The molecule has 0 bridgehead atoms. The van der Waals surface area contributed by atoms with Crippen molar-refractivity contribution in [2.75, 3.05) is 12.5 Å². The molecule has 4 aromatic rings. The van der Waals surface area contributed by atoms with Crippen LogP contribution in [-0.4, -0.2) is 70.6 Å². The van der Waals surface area contributed by atoms with E-state index >= 15 is 0 Å². The van der Waals surface area contributed by atoms with Gasteiger partial charge in [-0.15, -0.1) is 0 Å². The predicted octanol–water partition coefficient (Wildman–Crippen LogP) is 5.15. The molecule has 11 heteroatoms. The molecule has 260 valence electrons. The Hall–Kier alpha value is -4.68. The van der Waals surface area contributed by atoms with Gasteiger partial charge in [-0.2, -0.15) is 10.5 Å². The van der Waals surface area contributed by atoms with E-state index in [0.717, 1.165) is 65.5 Å². The van der Waals surface area contributed by atoms with Crippen molar-refractivity contribution >= 4 is 106 Å². The quantitative estimate of drug-likeness (QED) is 0.223. The fraction of sp³-hybridized carbons (Fsp3) is 0.143. The van der Waals surface area contributed by atoms with Crippen LogP contribution in [0, 0.1) is 22.7 Å². The molecule has 0 N–H and O–H groups in total. The monoisotopic (exact) mass is 764 g/mol. The number of hydrogen-bond donors (Lipinski definition) is 0. The van der Waals surface area contributed by atoms with Crippen molar-refractivity contribution in [2.24, 2.45) is 0 Å². The number of carbonyl (C=O) groups excluding carboxylic acids is 2. The number of carbonyl (C=O) groups is 2. The van der Waals surface area contributed by atoms with Gasteiger partial charge in [0, 0.05) is 68.7 Å². The molecule has 4 aromatic carbocycles. The molecule has 0 heterocycles. The molecule has 0 spiro atoms. The molecule has 6 rings (SSSR count). The average molecular weight is 765 g/mol. The van der Waals surface area contributed by atoms with Crippen molar-refractivity contribution in [1.29, 1.82) is 10.5 Å². The van der Waals surface area contributed by atoms with Crippen molar-refractivity contribution < 1.29 is 28.2 Å². The first-order chi connectivity index (χ1) is 24.8. The zero-order chi connectivity index (χ0) is 37.7. The molecule has 0 aromatic heterocycles. The van der Waals surface area contributed by atoms with Crippen molar-refractivity contribution in [3.8, 4) is 12.1 Å². The van der Waals surface area contributed by atoms with E-state index in [0.29, 0.717) is 22.3 Å². The molecule has 2 atom stereocenters. The Bertz CT molecular complexity index is 2220. The minimum atomic E-state index is -1.15. The number of aliphatic carboxylic acids is 2. The van der Waals surface area contributed by atoms with Gasteiger partial charge in [-0.1, -0.05) is 36.4 Å². The summed E-state index contributed by atoms with van der Waals surface area (Å²) in [5.74, 6) is -2.30. The van der Waals surface area contributed by atoms with Crippen LogP contribution in [0.3, 0.4) is 0 Å². The standard InChI is InChI=1S/2C21H17NO3S.Ca/c2*1-13-18(9-14-3-6-16(7-4-14)26(2)25)17-8-5-15(12-22)10-20(17)19(13)11-21(23)24;/h2*3-10H,11H2,1-2H3,(H,23,24);/q;;+2/p-2/b2*18-9+;. The zero-order valence-electron chi connectivity index (χ0n) is 29.5. The summed E-state index contributed by atoms with van der Waals surface area (Å²) >= 11 is 0. The largest absolute Gasteiger partial charge is 2.00 e. The summed E-state index contributed by atoms with van der Waals surface area (Å²) in [6.07, 6.45) is 6.83. The van der Waals surface area contributed by atoms with E-state index < -0.39 is 33.5 Å². The minimum Gasteiger partial charge on any atom is -0.550 e. The van der Waals surface area contributed by atoms with E-state index in [9.17, 15) is 28.2 Å². The topological polar surface area (TPSA) is 162 Å². The molecule has 0 amide bonds. The number of fused-ring (bicyclic) bond motifs is 2. The summed E-state index contributed by atoms with van der Waals surface area (Å²) in [6.45, 7) is 3.76. The molecule has 0 saturated heterocycles. The van der Waals surface area contributed by atoms with Gasteiger partial charge in [-0.3, -0.25) is 8.42 Å². The second-order valence-corrected chi connectivity index (χ2v) is 15.0. The van der Waals surface area contributed by atoms with Gasteiger partial charge in [0.15, 0.2) is 0 Å². The van der Waals surface area contributed by atoms with Gasteiger partial charge < -0.3 is 19.8 Å². The normalized spacial score (nSPS) is 15.4. The van der Waals surface area contributed by atoms with Gasteiger partial charge in [-0.25, -0.2) is 0 Å². The third-order valence-electron chi connectivity index (χ3n) is 8.93. The van der Waals surface area contributed by atoms with Gasteiger partial charge in [0.2, 0.25) is 0 Å². The molecule has 0 saturated carbocycles. The molecule has 2 aliphatic rings. The molecule has 2 unspecified atom stereocenters. The van der Waals surface area contributed by atoms with Crippen LogP contribution in [0.5, 0.6) is 0 Å². The van der Waals surface area contributed by atoms with Gasteiger partial charge >= 0.3 is 37.7 Å². The number of allylic oxidation sites excluding steroid dienone is 4. The van der Waals surface area contributed by atoms with Crippen molar-refractivity contribution in [3.63, 3.8) is 0 Å². The molecule has 2 aliphatic carbocycles. The third kappa shape index (κ3) is 9.47. The smallest absolute Gasteiger partial charge is 0.550 e. The number of hydrogen-bond acceptors (Lipinski definition) is 8. The summed E-state index contributed by atoms with van der Waals surface area (Å²) < 4.78 is 23.0. The molecular weight excluding hydrogens is 733 g/mol. The fourth-order valence-electron chi connectivity index (χ4n) is 6.29. The number of nitriles is 2. The van der Waals surface area contributed by atoms with Crippen LogP contribution >= 0.6 is 0 Å². The van der Waals surface area contributed by atoms with Crippen LogP contribution in [-0.2, 0) is 31.2 Å². The second kappa shape index (κ2) is 17.9. The Morgan fingerprint density at radius 2 is 0.943 bits per heavy atom. The summed E-state index contributed by atoms with van der Waals surface area (Å²) in [5, 5.41) is 40.6. The van der Waals surface area contributed by atoms with E-state index in [1.807, 2.05) is 86.7 Å². The summed E-state index contributed by atoms with van der Waals surface area (Å²) in [4.78, 5) is 23.9. The van der Waals surface area contributed by atoms with Crippen molar-refractivity contribution in [1.82, 2.24) is 0 Å². The molecule has 0 fully saturated rings. The van der Waals surface area contributed by atoms with Gasteiger partial charge in [-0.05, 0) is 141 Å². The van der Waals surface area contributed by atoms with Crippen LogP contribution in [0.15, 0.2) is 106 Å². The second-order valence-electron chi connectivity index (χ2n) is 12.2. The Labute approximate surface area is 343 Å². The third-order valence-corrected chi connectivity index (χ3v) is 10.8. The molecular formula is C42H32CaN2O6S2. The first kappa shape index (κ1) is 41.1. The SMILES string of the molecule is CC1=C(CC(=O)[O-])c2cc(C#N)ccc2/C1=C/c1ccc(S(C)=O)cc1.CC1=C(CC(=O)[O-])c2cc(C#N)ccc2/C1=C/c1ccc(S(C)=O)cc1.[Ca+2]. The fourth-order valence-corrected chi connectivity index (χ4v) is 7.33. The summed E-state index contributed by atoms with van der Waals surface area (Å²) in [6, 6.07) is 29.6. The minimum absolute atomic E-state index is 0. The molecule has 8 nitrogen and oxygen atoms in total. The maximum absolute atomic E-state index is 11.5. The van der Waals surface area contributed by atoms with Gasteiger partial charge in [0.25, 0.3) is 0 Å². The van der Waals surface area contributed by atoms with Gasteiger partial charge in [0.05, 0.1) is 23.3 Å². The Morgan fingerprint density at radius 1 is 0.604 bits per heavy atom. The summed E-state index contributed by atoms with van der Waals surface area (Å²) in [7, 11) is -2.07. The Morgan fingerprint density at radius 3 is 1.23 bits per heavy atom. The van der Waals surface area contributed by atoms with E-state index in [1.165, 1.54) is 0 Å². The predicted molar refractivity (Wildman–Crippen MR) is 206 cm³/mol. The van der Waals surface area contributed by atoms with Crippen LogP contribution in [0.4, 0.5) is 0 Å². The van der Waals surface area contributed by atoms with Crippen molar-refractivity contribution in [3.05, 3.63) is 141 Å². The number of benzene rings is 4. The molecule has 0 aliphatic heterocycles. The Balaban J connectivity index is 0.000000232. The van der Waals surface area contributed by atoms with Gasteiger partial charge in [0.1, 0.15) is 0 Å².